The van der Waals surface area contributed by atoms with Crippen molar-refractivity contribution in [2.45, 2.75) is 13.5 Å². The van der Waals surface area contributed by atoms with Gasteiger partial charge in [0.2, 0.25) is 5.82 Å². The van der Waals surface area contributed by atoms with Gasteiger partial charge in [-0.3, -0.25) is 5.10 Å². The summed E-state index contributed by atoms with van der Waals surface area (Å²) < 4.78 is 2.17. The van der Waals surface area contributed by atoms with Gasteiger partial charge >= 0.3 is 0 Å². The molecule has 0 fully saturated rings. The molecule has 0 bridgehead atoms. The van der Waals surface area contributed by atoms with Crippen molar-refractivity contribution in [1.82, 2.24) is 30.0 Å². The number of benzene rings is 1. The molecule has 0 atom stereocenters. The topological polar surface area (TPSA) is 64.3 Å². The Labute approximate surface area is 135 Å². The number of nitrogens with one attached hydrogen (secondary N) is 1. The molecule has 0 radical (unpaired) electrons. The third kappa shape index (κ3) is 2.59. The molecule has 3 rings (SSSR count). The van der Waals surface area contributed by atoms with Crippen LogP contribution in [0.15, 0.2) is 24.4 Å². The lowest BCUT2D eigenvalue weighted by Gasteiger charge is -2.05. The summed E-state index contributed by atoms with van der Waals surface area (Å²) in [5.41, 5.74) is 1.35. The molecular formula is C12H10Cl2N6S. The third-order valence-electron chi connectivity index (χ3n) is 2.90. The second-order valence-electron chi connectivity index (χ2n) is 4.22. The van der Waals surface area contributed by atoms with Crippen LogP contribution >= 0.6 is 35.4 Å². The van der Waals surface area contributed by atoms with Gasteiger partial charge in [-0.2, -0.15) is 4.80 Å². The number of aromatic amines is 1. The average molecular weight is 341 g/mol. The van der Waals surface area contributed by atoms with Crippen LogP contribution in [0.4, 0.5) is 0 Å². The van der Waals surface area contributed by atoms with Gasteiger partial charge < -0.3 is 0 Å². The molecule has 6 nitrogen and oxygen atoms in total. The molecule has 2 aromatic heterocycles. The van der Waals surface area contributed by atoms with Crippen molar-refractivity contribution in [3.8, 4) is 17.1 Å². The van der Waals surface area contributed by atoms with Crippen LogP contribution in [-0.2, 0) is 6.54 Å². The number of rotatable bonds is 3. The van der Waals surface area contributed by atoms with E-state index < -0.39 is 0 Å². The molecule has 0 saturated heterocycles. The van der Waals surface area contributed by atoms with Gasteiger partial charge in [0.1, 0.15) is 4.64 Å². The minimum absolute atomic E-state index is 0.468. The molecule has 108 valence electrons. The molecule has 0 aliphatic carbocycles. The number of H-pyrrole nitrogens is 1. The van der Waals surface area contributed by atoms with Gasteiger partial charge in [0.15, 0.2) is 0 Å². The predicted octanol–water partition coefficient (Wildman–Crippen LogP) is 3.52. The maximum atomic E-state index is 6.19. The fourth-order valence-corrected chi connectivity index (χ4v) is 2.52. The van der Waals surface area contributed by atoms with Crippen molar-refractivity contribution in [3.63, 3.8) is 0 Å². The maximum Gasteiger partial charge on any atom is 0.209 e. The molecule has 1 aromatic carbocycles. The molecule has 0 aliphatic heterocycles. The lowest BCUT2D eigenvalue weighted by Crippen LogP contribution is -1.98. The Morgan fingerprint density at radius 2 is 2.14 bits per heavy atom. The highest BCUT2D eigenvalue weighted by Gasteiger charge is 2.13. The summed E-state index contributed by atoms with van der Waals surface area (Å²) >= 11 is 17.6. The van der Waals surface area contributed by atoms with Crippen LogP contribution in [-0.4, -0.2) is 30.0 Å². The van der Waals surface area contributed by atoms with Crippen LogP contribution in [0.2, 0.25) is 10.0 Å². The van der Waals surface area contributed by atoms with Crippen LogP contribution < -0.4 is 0 Å². The normalized spacial score (nSPS) is 11.0. The first-order chi connectivity index (χ1) is 10.1. The Morgan fingerprint density at radius 3 is 2.86 bits per heavy atom. The average Bonchev–Trinajstić information content (AvgIpc) is 3.08. The molecule has 0 aliphatic rings. The van der Waals surface area contributed by atoms with Gasteiger partial charge in [-0.25, -0.2) is 4.68 Å². The van der Waals surface area contributed by atoms with Gasteiger partial charge in [0, 0.05) is 11.2 Å². The Balaban J connectivity index is 2.11. The lowest BCUT2D eigenvalue weighted by atomic mass is 10.3. The molecule has 0 saturated carbocycles. The Bertz CT molecular complexity index is 850. The highest BCUT2D eigenvalue weighted by atomic mass is 35.5. The molecule has 0 amide bonds. The second-order valence-corrected chi connectivity index (χ2v) is 5.46. The number of hydrogen-bond donors (Lipinski definition) is 1. The Morgan fingerprint density at radius 1 is 1.33 bits per heavy atom. The third-order valence-corrected chi connectivity index (χ3v) is 3.85. The van der Waals surface area contributed by atoms with Gasteiger partial charge in [-0.1, -0.05) is 35.4 Å². The van der Waals surface area contributed by atoms with Crippen molar-refractivity contribution < 1.29 is 0 Å². The van der Waals surface area contributed by atoms with Crippen molar-refractivity contribution in [2.75, 3.05) is 0 Å². The molecule has 21 heavy (non-hydrogen) atoms. The largest absolute Gasteiger partial charge is 0.299 e. The molecule has 2 heterocycles. The maximum absolute atomic E-state index is 6.19. The molecule has 1 N–H and O–H groups in total. The van der Waals surface area contributed by atoms with Gasteiger partial charge in [-0.05, 0) is 30.3 Å². The Hall–Kier alpha value is -1.70. The van der Waals surface area contributed by atoms with E-state index in [2.05, 4.69) is 20.5 Å². The van der Waals surface area contributed by atoms with E-state index in [1.807, 2.05) is 6.92 Å². The number of nitrogens with zero attached hydrogens (tertiary/aromatic N) is 5. The summed E-state index contributed by atoms with van der Waals surface area (Å²) in [5.74, 6) is 0.468. The number of tetrazole rings is 1. The van der Waals surface area contributed by atoms with E-state index in [1.165, 1.54) is 4.80 Å². The van der Waals surface area contributed by atoms with Gasteiger partial charge in [0.05, 0.1) is 22.8 Å². The highest BCUT2D eigenvalue weighted by Crippen LogP contribution is 2.26. The minimum atomic E-state index is 0.468. The van der Waals surface area contributed by atoms with Crippen LogP contribution in [0.3, 0.4) is 0 Å². The monoisotopic (exact) mass is 340 g/mol. The van der Waals surface area contributed by atoms with E-state index in [4.69, 9.17) is 35.4 Å². The zero-order valence-electron chi connectivity index (χ0n) is 10.9. The molecule has 0 unspecified atom stereocenters. The van der Waals surface area contributed by atoms with Crippen LogP contribution in [0.1, 0.15) is 6.92 Å². The minimum Gasteiger partial charge on any atom is -0.299 e. The number of aryl methyl sites for hydroxylation is 1. The first kappa shape index (κ1) is 14.2. The summed E-state index contributed by atoms with van der Waals surface area (Å²) in [6.07, 6.45) is 1.72. The van der Waals surface area contributed by atoms with Crippen molar-refractivity contribution in [2.24, 2.45) is 0 Å². The zero-order valence-corrected chi connectivity index (χ0v) is 13.2. The number of halogens is 2. The SMILES string of the molecule is CCn1nnc(-c2c[nH]n(-c3cc(Cl)ccc3Cl)c2=S)n1. The summed E-state index contributed by atoms with van der Waals surface area (Å²) in [5, 5.41) is 16.3. The summed E-state index contributed by atoms with van der Waals surface area (Å²) in [6, 6.07) is 5.17. The van der Waals surface area contributed by atoms with Crippen molar-refractivity contribution in [1.29, 1.82) is 0 Å². The van der Waals surface area contributed by atoms with Crippen molar-refractivity contribution in [3.05, 3.63) is 39.1 Å². The second kappa shape index (κ2) is 5.59. The van der Waals surface area contributed by atoms with E-state index >= 15 is 0 Å². The van der Waals surface area contributed by atoms with Gasteiger partial charge in [-0.15, -0.1) is 10.2 Å². The van der Waals surface area contributed by atoms with Crippen LogP contribution in [0.25, 0.3) is 17.1 Å². The Kier molecular flexibility index (Phi) is 3.79. The molecule has 0 spiro atoms. The van der Waals surface area contributed by atoms with E-state index in [1.54, 1.807) is 29.1 Å². The van der Waals surface area contributed by atoms with E-state index in [-0.39, 0.29) is 0 Å². The quantitative estimate of drug-likeness (QED) is 0.741. The summed E-state index contributed by atoms with van der Waals surface area (Å²) in [7, 11) is 0. The fraction of sp³-hybridized carbons (Fsp3) is 0.167. The van der Waals surface area contributed by atoms with E-state index in [9.17, 15) is 0 Å². The number of aromatic nitrogens is 6. The summed E-state index contributed by atoms with van der Waals surface area (Å²) in [4.78, 5) is 1.49. The first-order valence-electron chi connectivity index (χ1n) is 6.14. The van der Waals surface area contributed by atoms with Crippen LogP contribution in [0, 0.1) is 4.64 Å². The van der Waals surface area contributed by atoms with Crippen molar-refractivity contribution >= 4 is 35.4 Å². The highest BCUT2D eigenvalue weighted by molar-refractivity contribution is 7.71. The molecule has 3 aromatic rings. The van der Waals surface area contributed by atoms with E-state index in [0.29, 0.717) is 38.3 Å². The molecular weight excluding hydrogens is 331 g/mol. The fourth-order valence-electron chi connectivity index (χ4n) is 1.85. The van der Waals surface area contributed by atoms with Gasteiger partial charge in [0.25, 0.3) is 0 Å². The van der Waals surface area contributed by atoms with E-state index in [0.717, 1.165) is 0 Å². The standard InChI is InChI=1S/C12H10Cl2N6S/c1-2-19-17-11(16-18-19)8-6-15-20(12(8)21)10-5-7(13)3-4-9(10)14/h3-6,15H,2H2,1H3. The first-order valence-corrected chi connectivity index (χ1v) is 7.30. The zero-order chi connectivity index (χ0) is 15.0. The van der Waals surface area contributed by atoms with Crippen LogP contribution in [0.5, 0.6) is 0 Å². The molecule has 9 heteroatoms. The lowest BCUT2D eigenvalue weighted by molar-refractivity contribution is 0.553. The number of hydrogen-bond acceptors (Lipinski definition) is 4. The smallest absolute Gasteiger partial charge is 0.209 e. The summed E-state index contributed by atoms with van der Waals surface area (Å²) in [6.45, 7) is 2.58. The predicted molar refractivity (Wildman–Crippen MR) is 83.5 cm³/mol.